The van der Waals surface area contributed by atoms with Crippen molar-refractivity contribution in [2.75, 3.05) is 38.2 Å². The molecule has 140 valence electrons. The highest BCUT2D eigenvalue weighted by Crippen LogP contribution is 2.24. The second-order valence-corrected chi connectivity index (χ2v) is 6.87. The fourth-order valence-electron chi connectivity index (χ4n) is 3.64. The Balaban J connectivity index is 1.46. The van der Waals surface area contributed by atoms with Crippen molar-refractivity contribution in [3.63, 3.8) is 0 Å². The number of H-pyrrole nitrogens is 1. The molecule has 1 atom stereocenters. The summed E-state index contributed by atoms with van der Waals surface area (Å²) in [6, 6.07) is 15.7. The van der Waals surface area contributed by atoms with Crippen molar-refractivity contribution < 1.29 is 4.74 Å². The molecule has 1 N–H and O–H groups in total. The van der Waals surface area contributed by atoms with Crippen molar-refractivity contribution >= 4 is 16.6 Å². The first kappa shape index (κ1) is 17.5. The highest BCUT2D eigenvalue weighted by molar-refractivity contribution is 5.77. The summed E-state index contributed by atoms with van der Waals surface area (Å²) in [6.07, 6.45) is 0. The van der Waals surface area contributed by atoms with Crippen LogP contribution in [0.3, 0.4) is 0 Å². The molecule has 1 aliphatic heterocycles. The van der Waals surface area contributed by atoms with Crippen LogP contribution in [0.4, 0.5) is 5.69 Å². The summed E-state index contributed by atoms with van der Waals surface area (Å²) < 4.78 is 5.23. The fourth-order valence-corrected chi connectivity index (χ4v) is 3.64. The van der Waals surface area contributed by atoms with E-state index in [-0.39, 0.29) is 11.6 Å². The maximum absolute atomic E-state index is 12.3. The SMILES string of the molecule is COc1ccc(N2CCN(C(C)c3nc4ccccc4c(=O)[nH]3)CC2)cc1. The van der Waals surface area contributed by atoms with Gasteiger partial charge in [-0.1, -0.05) is 12.1 Å². The van der Waals surface area contributed by atoms with Crippen molar-refractivity contribution in [1.29, 1.82) is 0 Å². The summed E-state index contributed by atoms with van der Waals surface area (Å²) in [5, 5.41) is 0.637. The van der Waals surface area contributed by atoms with Gasteiger partial charge in [0, 0.05) is 31.9 Å². The molecule has 2 aromatic carbocycles. The van der Waals surface area contributed by atoms with E-state index in [1.807, 2.05) is 36.4 Å². The Hall–Kier alpha value is -2.86. The lowest BCUT2D eigenvalue weighted by Gasteiger charge is -2.38. The minimum absolute atomic E-state index is 0.0697. The molecule has 2 heterocycles. The molecule has 3 aromatic rings. The molecule has 0 bridgehead atoms. The van der Waals surface area contributed by atoms with Gasteiger partial charge in [0.1, 0.15) is 11.6 Å². The Morgan fingerprint density at radius 2 is 1.74 bits per heavy atom. The van der Waals surface area contributed by atoms with Crippen molar-refractivity contribution in [3.05, 3.63) is 64.7 Å². The zero-order valence-electron chi connectivity index (χ0n) is 15.7. The molecule has 0 amide bonds. The van der Waals surface area contributed by atoms with Crippen LogP contribution in [0, 0.1) is 0 Å². The molecule has 4 rings (SSSR count). The number of ether oxygens (including phenoxy) is 1. The number of hydrogen-bond donors (Lipinski definition) is 1. The lowest BCUT2D eigenvalue weighted by atomic mass is 10.1. The second kappa shape index (κ2) is 7.40. The van der Waals surface area contributed by atoms with Crippen molar-refractivity contribution in [3.8, 4) is 5.75 Å². The van der Waals surface area contributed by atoms with Gasteiger partial charge in [-0.2, -0.15) is 0 Å². The molecular formula is C21H24N4O2. The third-order valence-corrected chi connectivity index (χ3v) is 5.33. The van der Waals surface area contributed by atoms with Gasteiger partial charge < -0.3 is 14.6 Å². The van der Waals surface area contributed by atoms with Gasteiger partial charge >= 0.3 is 0 Å². The van der Waals surface area contributed by atoms with Gasteiger partial charge in [0.15, 0.2) is 0 Å². The zero-order chi connectivity index (χ0) is 18.8. The molecule has 0 spiro atoms. The summed E-state index contributed by atoms with van der Waals surface area (Å²) in [4.78, 5) is 24.7. The first-order chi connectivity index (χ1) is 13.2. The van der Waals surface area contributed by atoms with Crippen LogP contribution in [0.2, 0.25) is 0 Å². The van der Waals surface area contributed by atoms with Crippen molar-refractivity contribution in [2.45, 2.75) is 13.0 Å². The molecule has 6 nitrogen and oxygen atoms in total. The number of benzene rings is 2. The molecule has 0 aliphatic carbocycles. The van der Waals surface area contributed by atoms with Crippen LogP contribution >= 0.6 is 0 Å². The minimum Gasteiger partial charge on any atom is -0.497 e. The molecule has 1 aromatic heterocycles. The van der Waals surface area contributed by atoms with E-state index >= 15 is 0 Å². The van der Waals surface area contributed by atoms with Crippen LogP contribution in [-0.2, 0) is 0 Å². The van der Waals surface area contributed by atoms with Crippen LogP contribution in [0.25, 0.3) is 10.9 Å². The number of hydrogen-bond acceptors (Lipinski definition) is 5. The van der Waals surface area contributed by atoms with Gasteiger partial charge in [-0.3, -0.25) is 9.69 Å². The number of nitrogens with one attached hydrogen (secondary N) is 1. The lowest BCUT2D eigenvalue weighted by Crippen LogP contribution is -2.47. The fraction of sp³-hybridized carbons (Fsp3) is 0.333. The molecule has 6 heteroatoms. The molecule has 0 saturated carbocycles. The molecule has 0 radical (unpaired) electrons. The zero-order valence-corrected chi connectivity index (χ0v) is 15.7. The normalized spacial score (nSPS) is 16.4. The number of methoxy groups -OCH3 is 1. The van der Waals surface area contributed by atoms with Gasteiger partial charge in [-0.15, -0.1) is 0 Å². The second-order valence-electron chi connectivity index (χ2n) is 6.87. The van der Waals surface area contributed by atoms with E-state index in [1.54, 1.807) is 7.11 Å². The smallest absolute Gasteiger partial charge is 0.258 e. The van der Waals surface area contributed by atoms with Crippen LogP contribution in [0.15, 0.2) is 53.3 Å². The average molecular weight is 364 g/mol. The summed E-state index contributed by atoms with van der Waals surface area (Å²) in [7, 11) is 1.68. The number of piperazine rings is 1. The molecule has 1 aliphatic rings. The van der Waals surface area contributed by atoms with E-state index in [0.29, 0.717) is 5.39 Å². The van der Waals surface area contributed by atoms with Gasteiger partial charge in [0.2, 0.25) is 0 Å². The first-order valence-electron chi connectivity index (χ1n) is 9.28. The number of anilines is 1. The topological polar surface area (TPSA) is 61.5 Å². The number of para-hydroxylation sites is 1. The first-order valence-corrected chi connectivity index (χ1v) is 9.28. The number of aromatic nitrogens is 2. The van der Waals surface area contributed by atoms with E-state index in [9.17, 15) is 4.79 Å². The monoisotopic (exact) mass is 364 g/mol. The van der Waals surface area contributed by atoms with Gasteiger partial charge in [0.25, 0.3) is 5.56 Å². The Kier molecular flexibility index (Phi) is 4.81. The number of nitrogens with zero attached hydrogens (tertiary/aromatic N) is 3. The number of aromatic amines is 1. The van der Waals surface area contributed by atoms with Crippen LogP contribution in [-0.4, -0.2) is 48.2 Å². The Labute approximate surface area is 158 Å². The highest BCUT2D eigenvalue weighted by atomic mass is 16.5. The molecule has 27 heavy (non-hydrogen) atoms. The largest absolute Gasteiger partial charge is 0.497 e. The van der Waals surface area contributed by atoms with E-state index in [1.165, 1.54) is 5.69 Å². The summed E-state index contributed by atoms with van der Waals surface area (Å²) in [5.41, 5.74) is 1.89. The third kappa shape index (κ3) is 3.53. The molecule has 1 fully saturated rings. The van der Waals surface area contributed by atoms with Gasteiger partial charge in [-0.05, 0) is 43.3 Å². The molecular weight excluding hydrogens is 340 g/mol. The Morgan fingerprint density at radius 3 is 2.44 bits per heavy atom. The average Bonchev–Trinajstić information content (AvgIpc) is 2.73. The van der Waals surface area contributed by atoms with E-state index in [0.717, 1.165) is 43.3 Å². The van der Waals surface area contributed by atoms with Crippen LogP contribution in [0.1, 0.15) is 18.8 Å². The summed E-state index contributed by atoms with van der Waals surface area (Å²) in [6.45, 7) is 5.83. The standard InChI is InChI=1S/C21H24N4O2/c1-15(20-22-19-6-4-3-5-18(19)21(26)23-20)24-11-13-25(14-12-24)16-7-9-17(27-2)10-8-16/h3-10,15H,11-14H2,1-2H3,(H,22,23,26). The predicted molar refractivity (Wildman–Crippen MR) is 108 cm³/mol. The quantitative estimate of drug-likeness (QED) is 0.771. The van der Waals surface area contributed by atoms with Gasteiger partial charge in [0.05, 0.1) is 24.1 Å². The number of rotatable bonds is 4. The Bertz CT molecular complexity index is 975. The van der Waals surface area contributed by atoms with Crippen molar-refractivity contribution in [1.82, 2.24) is 14.9 Å². The maximum Gasteiger partial charge on any atom is 0.258 e. The Morgan fingerprint density at radius 1 is 1.04 bits per heavy atom. The molecule has 1 unspecified atom stereocenters. The molecule has 1 saturated heterocycles. The number of fused-ring (bicyclic) bond motifs is 1. The minimum atomic E-state index is -0.0701. The maximum atomic E-state index is 12.3. The summed E-state index contributed by atoms with van der Waals surface area (Å²) in [5.74, 6) is 1.61. The predicted octanol–water partition coefficient (Wildman–Crippen LogP) is 2.81. The van der Waals surface area contributed by atoms with Crippen LogP contribution < -0.4 is 15.2 Å². The summed E-state index contributed by atoms with van der Waals surface area (Å²) >= 11 is 0. The van der Waals surface area contributed by atoms with Crippen molar-refractivity contribution in [2.24, 2.45) is 0 Å². The van der Waals surface area contributed by atoms with E-state index in [4.69, 9.17) is 4.74 Å². The lowest BCUT2D eigenvalue weighted by molar-refractivity contribution is 0.192. The van der Waals surface area contributed by atoms with E-state index < -0.39 is 0 Å². The van der Waals surface area contributed by atoms with Crippen LogP contribution in [0.5, 0.6) is 5.75 Å². The third-order valence-electron chi connectivity index (χ3n) is 5.33. The van der Waals surface area contributed by atoms with Gasteiger partial charge in [-0.25, -0.2) is 4.98 Å². The highest BCUT2D eigenvalue weighted by Gasteiger charge is 2.24. The van der Waals surface area contributed by atoms with E-state index in [2.05, 4.69) is 38.8 Å².